The largest absolute Gasteiger partial charge is 0.494 e. The number of benzene rings is 2. The van der Waals surface area contributed by atoms with E-state index in [1.54, 1.807) is 24.3 Å². The van der Waals surface area contributed by atoms with Gasteiger partial charge in [0.2, 0.25) is 0 Å². The Labute approximate surface area is 133 Å². The summed E-state index contributed by atoms with van der Waals surface area (Å²) in [5.74, 6) is -0.162. The van der Waals surface area contributed by atoms with Crippen molar-refractivity contribution >= 4 is 23.2 Å². The van der Waals surface area contributed by atoms with Crippen molar-refractivity contribution in [3.8, 4) is 5.75 Å². The summed E-state index contributed by atoms with van der Waals surface area (Å²) in [5.41, 5.74) is 1.77. The molecule has 0 radical (unpaired) electrons. The Kier molecular flexibility index (Phi) is 5.45. The Morgan fingerprint density at radius 3 is 2.43 bits per heavy atom. The fourth-order valence-electron chi connectivity index (χ4n) is 2.21. The Bertz CT molecular complexity index is 613. The summed E-state index contributed by atoms with van der Waals surface area (Å²) in [6, 6.07) is 10.2. The fraction of sp³-hybridized carbons (Fsp3) is 0.250. The molecule has 1 N–H and O–H groups in total. The van der Waals surface area contributed by atoms with Crippen LogP contribution >= 0.6 is 23.2 Å². The van der Waals surface area contributed by atoms with E-state index in [0.717, 1.165) is 11.1 Å². The van der Waals surface area contributed by atoms with E-state index in [0.29, 0.717) is 16.5 Å². The van der Waals surface area contributed by atoms with Crippen molar-refractivity contribution in [3.63, 3.8) is 0 Å². The number of nitrogens with one attached hydrogen (secondary N) is 1. The second-order valence-corrected chi connectivity index (χ2v) is 5.45. The standard InChI is InChI=1S/C16H16Cl2FNO/c1-20-15(9-11-12(17)4-3-5-13(11)18)10-6-7-14(19)16(8-10)21-2/h3-8,15,20H,9H2,1-2H3. The van der Waals surface area contributed by atoms with E-state index >= 15 is 0 Å². The molecule has 5 heteroatoms. The molecule has 0 saturated carbocycles. The van der Waals surface area contributed by atoms with Gasteiger partial charge in [0.1, 0.15) is 0 Å². The van der Waals surface area contributed by atoms with E-state index in [1.807, 2.05) is 13.1 Å². The summed E-state index contributed by atoms with van der Waals surface area (Å²) in [7, 11) is 3.28. The maximum Gasteiger partial charge on any atom is 0.165 e. The molecule has 2 aromatic rings. The van der Waals surface area contributed by atoms with Gasteiger partial charge in [0.15, 0.2) is 11.6 Å². The lowest BCUT2D eigenvalue weighted by Gasteiger charge is -2.19. The molecule has 112 valence electrons. The summed E-state index contributed by atoms with van der Waals surface area (Å²) < 4.78 is 18.5. The van der Waals surface area contributed by atoms with Crippen LogP contribution in [0.3, 0.4) is 0 Å². The predicted octanol–water partition coefficient (Wildman–Crippen LogP) is 4.64. The van der Waals surface area contributed by atoms with Gasteiger partial charge in [0.05, 0.1) is 7.11 Å². The van der Waals surface area contributed by atoms with Gasteiger partial charge in [-0.25, -0.2) is 4.39 Å². The molecular formula is C16H16Cl2FNO. The molecule has 21 heavy (non-hydrogen) atoms. The highest BCUT2D eigenvalue weighted by molar-refractivity contribution is 6.36. The molecule has 2 aromatic carbocycles. The van der Waals surface area contributed by atoms with Crippen molar-refractivity contribution in [2.75, 3.05) is 14.2 Å². The number of halogens is 3. The Balaban J connectivity index is 2.32. The van der Waals surface area contributed by atoms with Gasteiger partial charge in [-0.1, -0.05) is 35.3 Å². The van der Waals surface area contributed by atoms with Crippen molar-refractivity contribution < 1.29 is 9.13 Å². The third-order valence-electron chi connectivity index (χ3n) is 3.40. The van der Waals surface area contributed by atoms with Crippen LogP contribution in [-0.4, -0.2) is 14.2 Å². The number of likely N-dealkylation sites (N-methyl/N-ethyl adjacent to an activating group) is 1. The first kappa shape index (κ1) is 16.1. The predicted molar refractivity (Wildman–Crippen MR) is 84.9 cm³/mol. The second kappa shape index (κ2) is 7.12. The molecule has 2 nitrogen and oxygen atoms in total. The first-order valence-electron chi connectivity index (χ1n) is 6.50. The third kappa shape index (κ3) is 3.67. The molecule has 0 saturated heterocycles. The van der Waals surface area contributed by atoms with Gasteiger partial charge < -0.3 is 10.1 Å². The summed E-state index contributed by atoms with van der Waals surface area (Å²) in [6.07, 6.45) is 0.601. The number of hydrogen-bond acceptors (Lipinski definition) is 2. The smallest absolute Gasteiger partial charge is 0.165 e. The van der Waals surface area contributed by atoms with Gasteiger partial charge in [-0.15, -0.1) is 0 Å². The van der Waals surface area contributed by atoms with E-state index in [2.05, 4.69) is 5.32 Å². The van der Waals surface area contributed by atoms with Crippen molar-refractivity contribution in [2.45, 2.75) is 12.5 Å². The molecule has 1 unspecified atom stereocenters. The molecule has 1 atom stereocenters. The lowest BCUT2D eigenvalue weighted by molar-refractivity contribution is 0.385. The molecule has 0 aliphatic rings. The topological polar surface area (TPSA) is 21.3 Å². The van der Waals surface area contributed by atoms with Crippen LogP contribution in [0.4, 0.5) is 4.39 Å². The molecule has 0 aliphatic heterocycles. The number of methoxy groups -OCH3 is 1. The fourth-order valence-corrected chi connectivity index (χ4v) is 2.76. The number of ether oxygens (including phenoxy) is 1. The quantitative estimate of drug-likeness (QED) is 0.863. The molecular weight excluding hydrogens is 312 g/mol. The van der Waals surface area contributed by atoms with Crippen LogP contribution in [0.25, 0.3) is 0 Å². The van der Waals surface area contributed by atoms with Crippen LogP contribution in [0.5, 0.6) is 5.75 Å². The first-order valence-corrected chi connectivity index (χ1v) is 7.26. The Morgan fingerprint density at radius 2 is 1.86 bits per heavy atom. The van der Waals surface area contributed by atoms with Crippen LogP contribution < -0.4 is 10.1 Å². The van der Waals surface area contributed by atoms with Crippen LogP contribution in [0.15, 0.2) is 36.4 Å². The molecule has 0 amide bonds. The van der Waals surface area contributed by atoms with E-state index in [1.165, 1.54) is 13.2 Å². The normalized spacial score (nSPS) is 12.2. The highest BCUT2D eigenvalue weighted by atomic mass is 35.5. The minimum Gasteiger partial charge on any atom is -0.494 e. The van der Waals surface area contributed by atoms with Crippen molar-refractivity contribution in [2.24, 2.45) is 0 Å². The summed E-state index contributed by atoms with van der Waals surface area (Å²) in [6.45, 7) is 0. The van der Waals surface area contributed by atoms with Crippen LogP contribution in [-0.2, 0) is 6.42 Å². The lowest BCUT2D eigenvalue weighted by atomic mass is 9.98. The minimum absolute atomic E-state index is 0.0445. The Hall–Kier alpha value is -1.29. The average Bonchev–Trinajstić information content (AvgIpc) is 2.48. The number of rotatable bonds is 5. The van der Waals surface area contributed by atoms with Crippen molar-refractivity contribution in [1.82, 2.24) is 5.32 Å². The Morgan fingerprint density at radius 1 is 1.19 bits per heavy atom. The zero-order chi connectivity index (χ0) is 15.4. The van der Waals surface area contributed by atoms with Gasteiger partial charge in [0.25, 0.3) is 0 Å². The third-order valence-corrected chi connectivity index (χ3v) is 4.10. The summed E-state index contributed by atoms with van der Waals surface area (Å²) in [4.78, 5) is 0. The van der Waals surface area contributed by atoms with Gasteiger partial charge in [0, 0.05) is 16.1 Å². The number of hydrogen-bond donors (Lipinski definition) is 1. The molecule has 0 aliphatic carbocycles. The van der Waals surface area contributed by atoms with Gasteiger partial charge in [-0.05, 0) is 48.9 Å². The minimum atomic E-state index is -0.383. The van der Waals surface area contributed by atoms with Crippen LogP contribution in [0.1, 0.15) is 17.2 Å². The zero-order valence-electron chi connectivity index (χ0n) is 11.8. The average molecular weight is 328 g/mol. The van der Waals surface area contributed by atoms with E-state index in [9.17, 15) is 4.39 Å². The van der Waals surface area contributed by atoms with Crippen molar-refractivity contribution in [3.05, 3.63) is 63.4 Å². The monoisotopic (exact) mass is 327 g/mol. The van der Waals surface area contributed by atoms with Gasteiger partial charge in [-0.3, -0.25) is 0 Å². The van der Waals surface area contributed by atoms with Crippen molar-refractivity contribution in [1.29, 1.82) is 0 Å². The maximum atomic E-state index is 13.5. The van der Waals surface area contributed by atoms with E-state index < -0.39 is 0 Å². The molecule has 0 aromatic heterocycles. The lowest BCUT2D eigenvalue weighted by Crippen LogP contribution is -2.19. The summed E-state index contributed by atoms with van der Waals surface area (Å²) in [5, 5.41) is 4.44. The molecule has 0 fully saturated rings. The van der Waals surface area contributed by atoms with E-state index in [4.69, 9.17) is 27.9 Å². The molecule has 2 rings (SSSR count). The second-order valence-electron chi connectivity index (χ2n) is 4.64. The zero-order valence-corrected chi connectivity index (χ0v) is 13.3. The molecule has 0 spiro atoms. The van der Waals surface area contributed by atoms with E-state index in [-0.39, 0.29) is 17.6 Å². The molecule has 0 heterocycles. The molecule has 0 bridgehead atoms. The van der Waals surface area contributed by atoms with Crippen LogP contribution in [0, 0.1) is 5.82 Å². The van der Waals surface area contributed by atoms with Crippen LogP contribution in [0.2, 0.25) is 10.0 Å². The highest BCUT2D eigenvalue weighted by Crippen LogP contribution is 2.30. The maximum absolute atomic E-state index is 13.5. The summed E-state index contributed by atoms with van der Waals surface area (Å²) >= 11 is 12.4. The highest BCUT2D eigenvalue weighted by Gasteiger charge is 2.16. The SMILES string of the molecule is CNC(Cc1c(Cl)cccc1Cl)c1ccc(F)c(OC)c1. The van der Waals surface area contributed by atoms with Gasteiger partial charge in [-0.2, -0.15) is 0 Å². The first-order chi connectivity index (χ1) is 10.1. The van der Waals surface area contributed by atoms with Gasteiger partial charge >= 0.3 is 0 Å².